The van der Waals surface area contributed by atoms with Crippen LogP contribution in [-0.2, 0) is 0 Å². The SMILES string of the molecule is NNC(=O)c1ccc(C(=O)NN)c2c(C(=O)NN)ccc(C(=O)NN)c12. The van der Waals surface area contributed by atoms with Gasteiger partial charge >= 0.3 is 0 Å². The summed E-state index contributed by atoms with van der Waals surface area (Å²) in [7, 11) is 0. The Hall–Kier alpha value is -3.58. The highest BCUT2D eigenvalue weighted by Gasteiger charge is 2.25. The maximum Gasteiger partial charge on any atom is 0.265 e. The number of nitrogens with one attached hydrogen (secondary N) is 4. The van der Waals surface area contributed by atoms with Crippen molar-refractivity contribution in [3.8, 4) is 0 Å². The molecule has 2 rings (SSSR count). The third kappa shape index (κ3) is 3.03. The van der Waals surface area contributed by atoms with Crippen molar-refractivity contribution >= 4 is 34.4 Å². The maximum atomic E-state index is 12.1. The van der Waals surface area contributed by atoms with Crippen molar-refractivity contribution < 1.29 is 19.2 Å². The quantitative estimate of drug-likeness (QED) is 0.162. The average molecular weight is 360 g/mol. The van der Waals surface area contributed by atoms with Gasteiger partial charge < -0.3 is 0 Å². The van der Waals surface area contributed by atoms with E-state index in [4.69, 9.17) is 23.4 Å². The van der Waals surface area contributed by atoms with Gasteiger partial charge in [0, 0.05) is 33.0 Å². The van der Waals surface area contributed by atoms with Crippen molar-refractivity contribution in [3.63, 3.8) is 0 Å². The molecule has 0 radical (unpaired) electrons. The Kier molecular flexibility index (Phi) is 5.44. The fourth-order valence-corrected chi connectivity index (χ4v) is 2.56. The van der Waals surface area contributed by atoms with E-state index in [2.05, 4.69) is 0 Å². The normalized spacial score (nSPS) is 10.2. The molecule has 12 N–H and O–H groups in total. The summed E-state index contributed by atoms with van der Waals surface area (Å²) in [4.78, 5) is 48.6. The van der Waals surface area contributed by atoms with Gasteiger partial charge in [0.15, 0.2) is 0 Å². The number of amides is 4. The molecule has 12 heteroatoms. The lowest BCUT2D eigenvalue weighted by molar-refractivity contribution is 0.0937. The van der Waals surface area contributed by atoms with Gasteiger partial charge in [-0.25, -0.2) is 23.4 Å². The van der Waals surface area contributed by atoms with Crippen molar-refractivity contribution in [1.82, 2.24) is 21.7 Å². The number of hydrazine groups is 4. The molecule has 12 nitrogen and oxygen atoms in total. The van der Waals surface area contributed by atoms with Crippen molar-refractivity contribution in [3.05, 3.63) is 46.5 Å². The molecule has 0 fully saturated rings. The molecule has 0 bridgehead atoms. The van der Waals surface area contributed by atoms with Gasteiger partial charge in [-0.1, -0.05) is 0 Å². The van der Waals surface area contributed by atoms with Crippen LogP contribution >= 0.6 is 0 Å². The number of nitrogens with two attached hydrogens (primary N) is 4. The van der Waals surface area contributed by atoms with E-state index in [1.807, 2.05) is 21.7 Å². The minimum absolute atomic E-state index is 0.0295. The molecule has 0 aliphatic carbocycles. The first kappa shape index (κ1) is 18.8. The van der Waals surface area contributed by atoms with Crippen molar-refractivity contribution in [2.45, 2.75) is 0 Å². The molecule has 136 valence electrons. The third-order valence-electron chi connectivity index (χ3n) is 3.66. The lowest BCUT2D eigenvalue weighted by atomic mass is 9.90. The van der Waals surface area contributed by atoms with Gasteiger partial charge in [0.2, 0.25) is 0 Å². The Morgan fingerprint density at radius 3 is 0.846 bits per heavy atom. The molecule has 2 aromatic rings. The monoisotopic (exact) mass is 360 g/mol. The summed E-state index contributed by atoms with van der Waals surface area (Å²) in [6.07, 6.45) is 0. The Bertz CT molecular complexity index is 782. The summed E-state index contributed by atoms with van der Waals surface area (Å²) in [5, 5.41) is -0.0591. The van der Waals surface area contributed by atoms with E-state index >= 15 is 0 Å². The molecule has 0 heterocycles. The van der Waals surface area contributed by atoms with Crippen LogP contribution in [-0.4, -0.2) is 23.6 Å². The van der Waals surface area contributed by atoms with Crippen LogP contribution in [0.2, 0.25) is 0 Å². The zero-order valence-electron chi connectivity index (χ0n) is 13.3. The summed E-state index contributed by atoms with van der Waals surface area (Å²) >= 11 is 0. The second-order valence-electron chi connectivity index (χ2n) is 4.97. The van der Waals surface area contributed by atoms with Crippen LogP contribution < -0.4 is 45.1 Å². The summed E-state index contributed by atoms with van der Waals surface area (Å²) in [5.74, 6) is 17.7. The van der Waals surface area contributed by atoms with Crippen LogP contribution in [0.5, 0.6) is 0 Å². The van der Waals surface area contributed by atoms with Crippen molar-refractivity contribution in [1.29, 1.82) is 0 Å². The largest absolute Gasteiger partial charge is 0.290 e. The smallest absolute Gasteiger partial charge is 0.265 e. The molecule has 0 unspecified atom stereocenters. The third-order valence-corrected chi connectivity index (χ3v) is 3.66. The molecular formula is C14H16N8O4. The molecule has 26 heavy (non-hydrogen) atoms. The minimum Gasteiger partial charge on any atom is -0.290 e. The van der Waals surface area contributed by atoms with E-state index in [1.165, 1.54) is 24.3 Å². The summed E-state index contributed by atoms with van der Waals surface area (Å²) in [6, 6.07) is 5.03. The minimum atomic E-state index is -0.758. The fourth-order valence-electron chi connectivity index (χ4n) is 2.56. The molecular weight excluding hydrogens is 344 g/mol. The van der Waals surface area contributed by atoms with Crippen LogP contribution in [0.15, 0.2) is 24.3 Å². The van der Waals surface area contributed by atoms with Gasteiger partial charge in [0.05, 0.1) is 0 Å². The lowest BCUT2D eigenvalue weighted by Crippen LogP contribution is -2.35. The summed E-state index contributed by atoms with van der Waals surface area (Å²) < 4.78 is 0. The number of rotatable bonds is 4. The first-order valence-electron chi connectivity index (χ1n) is 7.04. The first-order valence-corrected chi connectivity index (χ1v) is 7.04. The predicted molar refractivity (Wildman–Crippen MR) is 90.6 cm³/mol. The number of hydrogen-bond donors (Lipinski definition) is 8. The van der Waals surface area contributed by atoms with Crippen LogP contribution in [0, 0.1) is 0 Å². The van der Waals surface area contributed by atoms with Crippen LogP contribution in [0.4, 0.5) is 0 Å². The lowest BCUT2D eigenvalue weighted by Gasteiger charge is -2.16. The van der Waals surface area contributed by atoms with Crippen molar-refractivity contribution in [2.75, 3.05) is 0 Å². The second kappa shape index (κ2) is 7.54. The fraction of sp³-hybridized carbons (Fsp3) is 0. The van der Waals surface area contributed by atoms with E-state index in [9.17, 15) is 19.2 Å². The van der Waals surface area contributed by atoms with E-state index in [0.29, 0.717) is 0 Å². The molecule has 4 amide bonds. The number of nitrogen functional groups attached to an aromatic ring is 4. The molecule has 0 aliphatic rings. The Morgan fingerprint density at radius 2 is 0.692 bits per heavy atom. The second-order valence-corrected chi connectivity index (χ2v) is 4.97. The molecule has 0 aromatic heterocycles. The highest BCUT2D eigenvalue weighted by Crippen LogP contribution is 2.30. The number of hydrogen-bond acceptors (Lipinski definition) is 8. The Labute approximate surface area is 146 Å². The molecule has 0 saturated heterocycles. The number of benzene rings is 2. The number of fused-ring (bicyclic) bond motifs is 1. The van der Waals surface area contributed by atoms with Gasteiger partial charge in [-0.05, 0) is 24.3 Å². The summed E-state index contributed by atoms with van der Waals surface area (Å²) in [6.45, 7) is 0. The van der Waals surface area contributed by atoms with Gasteiger partial charge in [-0.2, -0.15) is 0 Å². The van der Waals surface area contributed by atoms with Crippen LogP contribution in [0.25, 0.3) is 10.8 Å². The van der Waals surface area contributed by atoms with Gasteiger partial charge in [0.1, 0.15) is 0 Å². The molecule has 0 saturated carbocycles. The van der Waals surface area contributed by atoms with E-state index in [-0.39, 0.29) is 33.0 Å². The van der Waals surface area contributed by atoms with Gasteiger partial charge in [-0.3, -0.25) is 40.9 Å². The van der Waals surface area contributed by atoms with Crippen molar-refractivity contribution in [2.24, 2.45) is 23.4 Å². The predicted octanol–water partition coefficient (Wildman–Crippen LogP) is -2.75. The zero-order valence-corrected chi connectivity index (χ0v) is 13.3. The van der Waals surface area contributed by atoms with E-state index < -0.39 is 23.6 Å². The molecule has 0 atom stereocenters. The van der Waals surface area contributed by atoms with Gasteiger partial charge in [0.25, 0.3) is 23.6 Å². The highest BCUT2D eigenvalue weighted by atomic mass is 16.2. The highest BCUT2D eigenvalue weighted by molar-refractivity contribution is 6.24. The number of carbonyl (C=O) groups is 4. The topological polar surface area (TPSA) is 220 Å². The van der Waals surface area contributed by atoms with Gasteiger partial charge in [-0.15, -0.1) is 0 Å². The van der Waals surface area contributed by atoms with E-state index in [0.717, 1.165) is 0 Å². The molecule has 2 aromatic carbocycles. The number of carbonyl (C=O) groups excluding carboxylic acids is 4. The average Bonchev–Trinajstić information content (AvgIpc) is 2.69. The first-order chi connectivity index (χ1) is 12.4. The van der Waals surface area contributed by atoms with E-state index in [1.54, 1.807) is 0 Å². The molecule has 0 aliphatic heterocycles. The van der Waals surface area contributed by atoms with Crippen LogP contribution in [0.3, 0.4) is 0 Å². The standard InChI is InChI=1S/C14H16N8O4/c15-19-11(23)5-1-2-6(12(24)20-16)10-8(14(26)22-18)4-3-7(9(5)10)13(25)21-17/h1-4H,15-18H2,(H,19,23)(H,20,24)(H,21,25)(H,22,26). The zero-order chi connectivity index (χ0) is 19.4. The Morgan fingerprint density at radius 1 is 0.500 bits per heavy atom. The Balaban J connectivity index is 3.10. The summed E-state index contributed by atoms with van der Waals surface area (Å²) in [5.41, 5.74) is 7.45. The maximum absolute atomic E-state index is 12.1. The van der Waals surface area contributed by atoms with Crippen LogP contribution in [0.1, 0.15) is 41.4 Å². The molecule has 0 spiro atoms.